The summed E-state index contributed by atoms with van der Waals surface area (Å²) >= 11 is 0. The lowest BCUT2D eigenvalue weighted by Crippen LogP contribution is -2.16. The van der Waals surface area contributed by atoms with Crippen LogP contribution in [0.15, 0.2) is 18.2 Å². The molecule has 1 rings (SSSR count). The number of hydrogen-bond acceptors (Lipinski definition) is 3. The summed E-state index contributed by atoms with van der Waals surface area (Å²) in [5.41, 5.74) is 2.25. The normalized spacial score (nSPS) is 13.6. The number of benzene rings is 1. The SMILES string of the molecule is Cc1ccc(C(C)C)cc1OCC(C)CS(=O)(=O)Cl. The van der Waals surface area contributed by atoms with Crippen LogP contribution in [0.1, 0.15) is 37.8 Å². The van der Waals surface area contributed by atoms with Crippen molar-refractivity contribution < 1.29 is 13.2 Å². The monoisotopic (exact) mass is 304 g/mol. The summed E-state index contributed by atoms with van der Waals surface area (Å²) < 4.78 is 27.7. The van der Waals surface area contributed by atoms with Crippen molar-refractivity contribution in [3.8, 4) is 5.75 Å². The van der Waals surface area contributed by atoms with E-state index in [0.29, 0.717) is 12.5 Å². The van der Waals surface area contributed by atoms with E-state index in [1.165, 1.54) is 5.56 Å². The molecular formula is C14H21ClO3S. The predicted molar refractivity (Wildman–Crippen MR) is 79.6 cm³/mol. The second-order valence-corrected chi connectivity index (χ2v) is 8.12. The first kappa shape index (κ1) is 16.3. The first-order valence-corrected chi connectivity index (χ1v) is 8.82. The molecule has 0 spiro atoms. The van der Waals surface area contributed by atoms with Gasteiger partial charge in [0.05, 0.1) is 12.4 Å². The van der Waals surface area contributed by atoms with Gasteiger partial charge in [0.25, 0.3) is 0 Å². The predicted octanol–water partition coefficient (Wildman–Crippen LogP) is 3.70. The molecule has 0 N–H and O–H groups in total. The van der Waals surface area contributed by atoms with E-state index in [-0.39, 0.29) is 11.7 Å². The third-order valence-electron chi connectivity index (χ3n) is 2.89. The summed E-state index contributed by atoms with van der Waals surface area (Å²) in [6, 6.07) is 6.12. The molecule has 1 unspecified atom stereocenters. The Morgan fingerprint density at radius 3 is 2.42 bits per heavy atom. The van der Waals surface area contributed by atoms with Gasteiger partial charge in [0.1, 0.15) is 5.75 Å². The summed E-state index contributed by atoms with van der Waals surface area (Å²) in [4.78, 5) is 0. The molecule has 0 aromatic heterocycles. The first-order chi connectivity index (χ1) is 8.69. The molecule has 108 valence electrons. The number of halogens is 1. The van der Waals surface area contributed by atoms with E-state index in [9.17, 15) is 8.42 Å². The highest BCUT2D eigenvalue weighted by molar-refractivity contribution is 8.13. The lowest BCUT2D eigenvalue weighted by atomic mass is 10.0. The number of hydrogen-bond donors (Lipinski definition) is 0. The maximum Gasteiger partial charge on any atom is 0.232 e. The minimum atomic E-state index is -3.47. The molecule has 0 saturated carbocycles. The van der Waals surface area contributed by atoms with Gasteiger partial charge >= 0.3 is 0 Å². The first-order valence-electron chi connectivity index (χ1n) is 6.34. The minimum Gasteiger partial charge on any atom is -0.493 e. The molecule has 0 aliphatic heterocycles. The van der Waals surface area contributed by atoms with Gasteiger partial charge in [-0.05, 0) is 30.0 Å². The summed E-state index contributed by atoms with van der Waals surface area (Å²) in [5.74, 6) is 1.04. The van der Waals surface area contributed by atoms with Gasteiger partial charge in [0, 0.05) is 16.6 Å². The second kappa shape index (κ2) is 6.62. The molecular weight excluding hydrogens is 284 g/mol. The van der Waals surface area contributed by atoms with Gasteiger partial charge in [0.15, 0.2) is 0 Å². The van der Waals surface area contributed by atoms with E-state index in [1.54, 1.807) is 0 Å². The van der Waals surface area contributed by atoms with E-state index in [4.69, 9.17) is 15.4 Å². The van der Waals surface area contributed by atoms with Crippen LogP contribution in [0.5, 0.6) is 5.75 Å². The van der Waals surface area contributed by atoms with E-state index >= 15 is 0 Å². The number of ether oxygens (including phenoxy) is 1. The van der Waals surface area contributed by atoms with Crippen molar-refractivity contribution in [2.45, 2.75) is 33.6 Å². The molecule has 0 saturated heterocycles. The highest BCUT2D eigenvalue weighted by Gasteiger charge is 2.14. The molecule has 0 aliphatic carbocycles. The quantitative estimate of drug-likeness (QED) is 0.753. The highest BCUT2D eigenvalue weighted by Crippen LogP contribution is 2.24. The van der Waals surface area contributed by atoms with Crippen molar-refractivity contribution in [1.82, 2.24) is 0 Å². The van der Waals surface area contributed by atoms with Crippen molar-refractivity contribution >= 4 is 19.7 Å². The smallest absolute Gasteiger partial charge is 0.232 e. The fraction of sp³-hybridized carbons (Fsp3) is 0.571. The van der Waals surface area contributed by atoms with Crippen LogP contribution in [0.25, 0.3) is 0 Å². The zero-order valence-corrected chi connectivity index (χ0v) is 13.4. The lowest BCUT2D eigenvalue weighted by molar-refractivity contribution is 0.270. The van der Waals surface area contributed by atoms with Gasteiger partial charge in [-0.2, -0.15) is 0 Å². The van der Waals surface area contributed by atoms with Gasteiger partial charge < -0.3 is 4.74 Å². The van der Waals surface area contributed by atoms with Crippen molar-refractivity contribution in [1.29, 1.82) is 0 Å². The maximum absolute atomic E-state index is 11.0. The van der Waals surface area contributed by atoms with Gasteiger partial charge in [-0.1, -0.05) is 32.9 Å². The molecule has 5 heteroatoms. The third-order valence-corrected chi connectivity index (χ3v) is 4.23. The molecule has 1 atom stereocenters. The minimum absolute atomic E-state index is 0.0719. The Kier molecular flexibility index (Phi) is 5.68. The Morgan fingerprint density at radius 2 is 1.89 bits per heavy atom. The Hall–Kier alpha value is -0.740. The standard InChI is InChI=1S/C14H21ClO3S/c1-10(2)13-6-5-12(4)14(7-13)18-8-11(3)9-19(15,16)17/h5-7,10-11H,8-9H2,1-4H3. The van der Waals surface area contributed by atoms with Crippen LogP contribution >= 0.6 is 10.7 Å². The van der Waals surface area contributed by atoms with Crippen molar-refractivity contribution in [2.75, 3.05) is 12.4 Å². The lowest BCUT2D eigenvalue weighted by Gasteiger charge is -2.15. The number of rotatable bonds is 6. The Balaban J connectivity index is 2.69. The third kappa shape index (κ3) is 5.83. The molecule has 0 aliphatic rings. The van der Waals surface area contributed by atoms with Gasteiger partial charge in [-0.15, -0.1) is 0 Å². The van der Waals surface area contributed by atoms with Gasteiger partial charge in [-0.3, -0.25) is 0 Å². The summed E-state index contributed by atoms with van der Waals surface area (Å²) in [6.07, 6.45) is 0. The average molecular weight is 305 g/mol. The average Bonchev–Trinajstić information content (AvgIpc) is 2.25. The summed E-state index contributed by atoms with van der Waals surface area (Å²) in [5, 5.41) is 0. The highest BCUT2D eigenvalue weighted by atomic mass is 35.7. The van der Waals surface area contributed by atoms with E-state index < -0.39 is 9.05 Å². The topological polar surface area (TPSA) is 43.4 Å². The molecule has 0 fully saturated rings. The molecule has 3 nitrogen and oxygen atoms in total. The molecule has 0 heterocycles. The van der Waals surface area contributed by atoms with Crippen LogP contribution in [0.2, 0.25) is 0 Å². The van der Waals surface area contributed by atoms with E-state index in [2.05, 4.69) is 19.9 Å². The van der Waals surface area contributed by atoms with Gasteiger partial charge in [-0.25, -0.2) is 8.42 Å². The molecule has 19 heavy (non-hydrogen) atoms. The fourth-order valence-electron chi connectivity index (χ4n) is 1.75. The van der Waals surface area contributed by atoms with Crippen LogP contribution in [0, 0.1) is 12.8 Å². The number of aryl methyl sites for hydroxylation is 1. The van der Waals surface area contributed by atoms with Crippen LogP contribution in [-0.4, -0.2) is 20.8 Å². The molecule has 0 radical (unpaired) electrons. The van der Waals surface area contributed by atoms with Gasteiger partial charge in [0.2, 0.25) is 9.05 Å². The fourth-order valence-corrected chi connectivity index (χ4v) is 3.17. The van der Waals surface area contributed by atoms with Crippen LogP contribution in [0.3, 0.4) is 0 Å². The van der Waals surface area contributed by atoms with E-state index in [1.807, 2.05) is 26.0 Å². The van der Waals surface area contributed by atoms with Crippen LogP contribution < -0.4 is 4.74 Å². The van der Waals surface area contributed by atoms with Crippen LogP contribution in [0.4, 0.5) is 0 Å². The Labute approximate surface area is 120 Å². The van der Waals surface area contributed by atoms with Crippen molar-refractivity contribution in [3.05, 3.63) is 29.3 Å². The summed E-state index contributed by atoms with van der Waals surface area (Å²) in [6.45, 7) is 8.37. The Bertz CT molecular complexity index is 523. The summed E-state index contributed by atoms with van der Waals surface area (Å²) in [7, 11) is 1.76. The van der Waals surface area contributed by atoms with Crippen LogP contribution in [-0.2, 0) is 9.05 Å². The molecule has 0 amide bonds. The molecule has 0 bridgehead atoms. The van der Waals surface area contributed by atoms with E-state index in [0.717, 1.165) is 11.3 Å². The largest absolute Gasteiger partial charge is 0.493 e. The maximum atomic E-state index is 11.0. The molecule has 1 aromatic carbocycles. The molecule has 1 aromatic rings. The Morgan fingerprint density at radius 1 is 1.26 bits per heavy atom. The zero-order valence-electron chi connectivity index (χ0n) is 11.8. The van der Waals surface area contributed by atoms with Crippen molar-refractivity contribution in [3.63, 3.8) is 0 Å². The zero-order chi connectivity index (χ0) is 14.6. The van der Waals surface area contributed by atoms with Crippen molar-refractivity contribution in [2.24, 2.45) is 5.92 Å². The second-order valence-electron chi connectivity index (χ2n) is 5.30.